The molecular formula is C50H30N4O. The lowest BCUT2D eigenvalue weighted by molar-refractivity contribution is 0.673. The fourth-order valence-corrected chi connectivity index (χ4v) is 8.72. The van der Waals surface area contributed by atoms with Crippen molar-refractivity contribution in [1.29, 1.82) is 0 Å². The molecule has 0 N–H and O–H groups in total. The molecule has 7 aromatic carbocycles. The van der Waals surface area contributed by atoms with E-state index in [0.29, 0.717) is 0 Å². The lowest BCUT2D eigenvalue weighted by atomic mass is 10.0. The van der Waals surface area contributed by atoms with Crippen LogP contribution in [0.2, 0.25) is 0 Å². The number of furan rings is 1. The summed E-state index contributed by atoms with van der Waals surface area (Å²) in [5, 5.41) is 7.94. The van der Waals surface area contributed by atoms with Gasteiger partial charge in [-0.25, -0.2) is 4.98 Å². The molecule has 0 aliphatic rings. The number of nitrogens with zero attached hydrogens (tertiary/aromatic N) is 4. The van der Waals surface area contributed by atoms with E-state index < -0.39 is 0 Å². The van der Waals surface area contributed by atoms with E-state index in [4.69, 9.17) is 9.40 Å². The molecule has 0 atom stereocenters. The van der Waals surface area contributed by atoms with E-state index >= 15 is 0 Å². The minimum Gasteiger partial charge on any atom is -0.455 e. The molecule has 0 radical (unpaired) electrons. The summed E-state index contributed by atoms with van der Waals surface area (Å²) in [6, 6.07) is 62.2. The van der Waals surface area contributed by atoms with Gasteiger partial charge in [0.05, 0.1) is 38.7 Å². The van der Waals surface area contributed by atoms with Crippen molar-refractivity contribution < 1.29 is 4.42 Å². The van der Waals surface area contributed by atoms with Crippen LogP contribution in [0.1, 0.15) is 0 Å². The van der Waals surface area contributed by atoms with Gasteiger partial charge in [-0.05, 0) is 83.9 Å². The first-order chi connectivity index (χ1) is 27.3. The first-order valence-electron chi connectivity index (χ1n) is 18.6. The van der Waals surface area contributed by atoms with Gasteiger partial charge in [0.1, 0.15) is 17.0 Å². The second kappa shape index (κ2) is 11.5. The number of hydrogen-bond acceptors (Lipinski definition) is 3. The molecular weight excluding hydrogens is 673 g/mol. The maximum atomic E-state index is 6.70. The second-order valence-corrected chi connectivity index (χ2v) is 14.2. The van der Waals surface area contributed by atoms with Gasteiger partial charge in [0.15, 0.2) is 0 Å². The number of hydrogen-bond donors (Lipinski definition) is 0. The van der Waals surface area contributed by atoms with E-state index in [2.05, 4.69) is 178 Å². The summed E-state index contributed by atoms with van der Waals surface area (Å²) in [5.41, 5.74) is 12.4. The fourth-order valence-electron chi connectivity index (χ4n) is 8.72. The van der Waals surface area contributed by atoms with Crippen LogP contribution in [0.4, 0.5) is 0 Å². The average molecular weight is 703 g/mol. The van der Waals surface area contributed by atoms with Crippen molar-refractivity contribution in [2.24, 2.45) is 0 Å². The van der Waals surface area contributed by atoms with Gasteiger partial charge in [-0.3, -0.25) is 9.55 Å². The third-order valence-electron chi connectivity index (χ3n) is 11.1. The van der Waals surface area contributed by atoms with Gasteiger partial charge in [-0.15, -0.1) is 0 Å². The maximum Gasteiger partial charge on any atom is 0.145 e. The lowest BCUT2D eigenvalue weighted by Crippen LogP contribution is -2.00. The summed E-state index contributed by atoms with van der Waals surface area (Å²) in [4.78, 5) is 10.1. The Morgan fingerprint density at radius 2 is 1.20 bits per heavy atom. The van der Waals surface area contributed by atoms with Gasteiger partial charge < -0.3 is 8.98 Å². The minimum atomic E-state index is 0.852. The highest BCUT2D eigenvalue weighted by molar-refractivity contribution is 6.31. The molecule has 5 aromatic heterocycles. The molecule has 0 saturated carbocycles. The summed E-state index contributed by atoms with van der Waals surface area (Å²) in [5.74, 6) is 0.852. The Kier molecular flexibility index (Phi) is 6.27. The van der Waals surface area contributed by atoms with Gasteiger partial charge in [-0.2, -0.15) is 0 Å². The van der Waals surface area contributed by atoms with Crippen LogP contribution < -0.4 is 0 Å². The normalized spacial score (nSPS) is 12.0. The molecule has 0 amide bonds. The van der Waals surface area contributed by atoms with Crippen molar-refractivity contribution >= 4 is 76.5 Å². The predicted molar refractivity (Wildman–Crippen MR) is 226 cm³/mol. The molecule has 55 heavy (non-hydrogen) atoms. The highest BCUT2D eigenvalue weighted by atomic mass is 16.3. The summed E-state index contributed by atoms with van der Waals surface area (Å²) in [6.45, 7) is 0. The smallest absolute Gasteiger partial charge is 0.145 e. The van der Waals surface area contributed by atoms with E-state index in [9.17, 15) is 0 Å². The third-order valence-corrected chi connectivity index (χ3v) is 11.1. The van der Waals surface area contributed by atoms with Gasteiger partial charge >= 0.3 is 0 Å². The van der Waals surface area contributed by atoms with Crippen molar-refractivity contribution in [2.75, 3.05) is 0 Å². The van der Waals surface area contributed by atoms with Crippen LogP contribution in [0.5, 0.6) is 0 Å². The Hall–Kier alpha value is -7.50. The molecule has 5 heteroatoms. The first-order valence-corrected chi connectivity index (χ1v) is 18.6. The van der Waals surface area contributed by atoms with Crippen molar-refractivity contribution in [1.82, 2.24) is 19.1 Å². The fraction of sp³-hybridized carbons (Fsp3) is 0. The molecule has 0 saturated heterocycles. The molecule has 0 fully saturated rings. The largest absolute Gasteiger partial charge is 0.455 e. The van der Waals surface area contributed by atoms with Gasteiger partial charge in [0.25, 0.3) is 0 Å². The highest BCUT2D eigenvalue weighted by Crippen LogP contribution is 2.45. The summed E-state index contributed by atoms with van der Waals surface area (Å²) < 4.78 is 11.5. The quantitative estimate of drug-likeness (QED) is 0.183. The molecule has 12 rings (SSSR count). The standard InChI is InChI=1S/C50H30N4O/c1-3-12-31(13-4-1)34-29-41(33-22-21-32-14-11-27-51-40(32)28-33)52-46(30-34)54-42-19-9-7-18-38(42)47-43(54)26-24-39-48-44(53(49(39)47)35-15-5-2-6-16-35)25-23-37-36-17-8-10-20-45(36)55-50(37)48/h1-30H. The Balaban J connectivity index is 1.21. The molecule has 5 heterocycles. The van der Waals surface area contributed by atoms with Crippen LogP contribution in [0.15, 0.2) is 187 Å². The van der Waals surface area contributed by atoms with E-state index in [-0.39, 0.29) is 0 Å². The average Bonchev–Trinajstić information content (AvgIpc) is 3.91. The van der Waals surface area contributed by atoms with Crippen molar-refractivity contribution in [3.8, 4) is 33.9 Å². The second-order valence-electron chi connectivity index (χ2n) is 14.2. The molecule has 0 spiro atoms. The highest BCUT2D eigenvalue weighted by Gasteiger charge is 2.24. The zero-order valence-electron chi connectivity index (χ0n) is 29.5. The number of rotatable bonds is 4. The summed E-state index contributed by atoms with van der Waals surface area (Å²) in [6.07, 6.45) is 1.85. The Bertz CT molecular complexity index is 3480. The Morgan fingerprint density at radius 3 is 2.07 bits per heavy atom. The molecule has 256 valence electrons. The Morgan fingerprint density at radius 1 is 0.455 bits per heavy atom. The van der Waals surface area contributed by atoms with E-state index in [1.165, 1.54) is 5.39 Å². The molecule has 5 nitrogen and oxygen atoms in total. The summed E-state index contributed by atoms with van der Waals surface area (Å²) in [7, 11) is 0. The van der Waals surface area contributed by atoms with Crippen LogP contribution in [-0.2, 0) is 0 Å². The van der Waals surface area contributed by atoms with E-state index in [1.54, 1.807) is 0 Å². The Labute approximate surface area is 315 Å². The number of para-hydroxylation sites is 3. The van der Waals surface area contributed by atoms with Crippen molar-refractivity contribution in [3.05, 3.63) is 182 Å². The van der Waals surface area contributed by atoms with Crippen molar-refractivity contribution in [3.63, 3.8) is 0 Å². The predicted octanol–water partition coefficient (Wildman–Crippen LogP) is 13.1. The molecule has 0 aliphatic carbocycles. The van der Waals surface area contributed by atoms with Crippen LogP contribution >= 0.6 is 0 Å². The molecule has 0 bridgehead atoms. The van der Waals surface area contributed by atoms with Gasteiger partial charge in [0, 0.05) is 49.8 Å². The zero-order valence-corrected chi connectivity index (χ0v) is 29.5. The monoisotopic (exact) mass is 702 g/mol. The third kappa shape index (κ3) is 4.41. The SMILES string of the molecule is c1ccc(-c2cc(-c3ccc4cccnc4c3)nc(-n3c4ccccc4c4c3ccc3c5c6oc7ccccc7c6ccc5n(-c5ccccc5)c34)c2)cc1. The van der Waals surface area contributed by atoms with Crippen molar-refractivity contribution in [2.45, 2.75) is 0 Å². The number of aromatic nitrogens is 4. The number of pyridine rings is 2. The minimum absolute atomic E-state index is 0.852. The van der Waals surface area contributed by atoms with Gasteiger partial charge in [0.2, 0.25) is 0 Å². The van der Waals surface area contributed by atoms with Crippen LogP contribution in [0, 0.1) is 0 Å². The van der Waals surface area contributed by atoms with E-state index in [0.717, 1.165) is 105 Å². The molecule has 0 unspecified atom stereocenters. The molecule has 0 aliphatic heterocycles. The topological polar surface area (TPSA) is 48.8 Å². The van der Waals surface area contributed by atoms with Crippen LogP contribution in [0.3, 0.4) is 0 Å². The molecule has 12 aromatic rings. The number of fused-ring (bicyclic) bond motifs is 12. The zero-order chi connectivity index (χ0) is 36.0. The summed E-state index contributed by atoms with van der Waals surface area (Å²) >= 11 is 0. The number of benzene rings is 7. The van der Waals surface area contributed by atoms with Crippen LogP contribution in [-0.4, -0.2) is 19.1 Å². The first kappa shape index (κ1) is 30.0. The van der Waals surface area contributed by atoms with Crippen LogP contribution in [0.25, 0.3) is 110 Å². The van der Waals surface area contributed by atoms with E-state index in [1.807, 2.05) is 18.3 Å². The lowest BCUT2D eigenvalue weighted by Gasteiger charge is -2.13. The van der Waals surface area contributed by atoms with Gasteiger partial charge in [-0.1, -0.05) is 103 Å². The maximum absolute atomic E-state index is 6.70.